The maximum absolute atomic E-state index is 11.7. The van der Waals surface area contributed by atoms with Crippen LogP contribution in [0.15, 0.2) is 4.79 Å². The minimum absolute atomic E-state index is 0.158. The van der Waals surface area contributed by atoms with Gasteiger partial charge in [0, 0.05) is 11.4 Å². The Labute approximate surface area is 102 Å². The summed E-state index contributed by atoms with van der Waals surface area (Å²) in [5, 5.41) is 6.14. The second-order valence-corrected chi connectivity index (χ2v) is 4.27. The van der Waals surface area contributed by atoms with Crippen molar-refractivity contribution in [3.05, 3.63) is 10.5 Å². The van der Waals surface area contributed by atoms with Crippen LogP contribution in [0.5, 0.6) is 6.01 Å². The first kappa shape index (κ1) is 13.4. The summed E-state index contributed by atoms with van der Waals surface area (Å²) >= 11 is 5.65. The Morgan fingerprint density at radius 1 is 1.65 bits per heavy atom. The number of nitrogens with zero attached hydrogens (tertiary/aromatic N) is 3. The molecule has 0 radical (unpaired) electrons. The largest absolute Gasteiger partial charge is 0.466 e. The van der Waals surface area contributed by atoms with Gasteiger partial charge in [0.25, 0.3) is 0 Å². The molecular weight excluding hydrogens is 250 g/mol. The van der Waals surface area contributed by atoms with E-state index in [2.05, 4.69) is 10.4 Å². The molecule has 17 heavy (non-hydrogen) atoms. The molecule has 0 aliphatic heterocycles. The molecule has 1 amide bonds. The van der Waals surface area contributed by atoms with Crippen LogP contribution < -0.4 is 21.6 Å². The number of carbonyl (C=O) groups is 1. The molecule has 9 heteroatoms. The van der Waals surface area contributed by atoms with Gasteiger partial charge >= 0.3 is 17.7 Å². The lowest BCUT2D eigenvalue weighted by atomic mass is 10.1. The fraction of sp³-hybridized carbons (Fsp3) is 0.625. The molecule has 1 aromatic rings. The van der Waals surface area contributed by atoms with E-state index in [1.54, 1.807) is 13.8 Å². The van der Waals surface area contributed by atoms with Crippen LogP contribution in [0.3, 0.4) is 0 Å². The van der Waals surface area contributed by atoms with E-state index in [1.165, 1.54) is 7.11 Å². The maximum Gasteiger partial charge on any atom is 0.376 e. The summed E-state index contributed by atoms with van der Waals surface area (Å²) in [4.78, 5) is 23.3. The van der Waals surface area contributed by atoms with E-state index in [0.717, 1.165) is 0 Å². The summed E-state index contributed by atoms with van der Waals surface area (Å²) in [7, 11) is 1.29. The minimum Gasteiger partial charge on any atom is -0.466 e. The van der Waals surface area contributed by atoms with Crippen LogP contribution in [0, 0.1) is 0 Å². The van der Waals surface area contributed by atoms with Gasteiger partial charge in [-0.05, 0) is 13.8 Å². The van der Waals surface area contributed by atoms with E-state index < -0.39 is 17.3 Å². The van der Waals surface area contributed by atoms with Crippen LogP contribution in [0.4, 0.5) is 4.79 Å². The van der Waals surface area contributed by atoms with E-state index in [-0.39, 0.29) is 11.9 Å². The van der Waals surface area contributed by atoms with E-state index in [4.69, 9.17) is 22.2 Å². The number of hydrogen-bond acceptors (Lipinski definition) is 5. The molecule has 0 fully saturated rings. The zero-order chi connectivity index (χ0) is 13.2. The topological polar surface area (TPSA) is 104 Å². The average Bonchev–Trinajstić information content (AvgIpc) is 2.55. The molecule has 8 nitrogen and oxygen atoms in total. The van der Waals surface area contributed by atoms with Crippen molar-refractivity contribution in [1.29, 1.82) is 0 Å². The fourth-order valence-electron chi connectivity index (χ4n) is 1.01. The van der Waals surface area contributed by atoms with Gasteiger partial charge in [0.15, 0.2) is 0 Å². The molecular formula is C8H14ClN5O3. The monoisotopic (exact) mass is 263 g/mol. The Kier molecular flexibility index (Phi) is 3.66. The van der Waals surface area contributed by atoms with Crippen LogP contribution in [0.25, 0.3) is 0 Å². The summed E-state index contributed by atoms with van der Waals surface area (Å²) in [5.41, 5.74) is -1.46. The number of methoxy groups -OCH3 is 1. The molecule has 0 bridgehead atoms. The van der Waals surface area contributed by atoms with Gasteiger partial charge in [0.1, 0.15) is 0 Å². The summed E-state index contributed by atoms with van der Waals surface area (Å²) in [6.45, 7) is 3.42. The number of carbonyl (C=O) groups excluding carboxylic acids is 1. The van der Waals surface area contributed by atoms with Crippen molar-refractivity contribution in [3.63, 3.8) is 0 Å². The third kappa shape index (κ3) is 2.70. The van der Waals surface area contributed by atoms with Crippen molar-refractivity contribution < 1.29 is 9.53 Å². The molecule has 0 aromatic carbocycles. The quantitative estimate of drug-likeness (QED) is 0.557. The number of nitrogens with two attached hydrogens (primary N) is 1. The highest BCUT2D eigenvalue weighted by atomic mass is 35.5. The van der Waals surface area contributed by atoms with E-state index >= 15 is 0 Å². The molecule has 1 heterocycles. The maximum atomic E-state index is 11.7. The van der Waals surface area contributed by atoms with Gasteiger partial charge in [-0.15, -0.1) is 21.4 Å². The molecule has 1 rings (SSSR count). The number of amides is 1. The number of nitrogen functional groups attached to an aromatic ring is 1. The molecule has 0 saturated heterocycles. The van der Waals surface area contributed by atoms with Crippen LogP contribution in [0.2, 0.25) is 0 Å². The molecule has 3 N–H and O–H groups in total. The van der Waals surface area contributed by atoms with E-state index in [9.17, 15) is 9.59 Å². The number of nitrogens with one attached hydrogen (secondary N) is 1. The van der Waals surface area contributed by atoms with Gasteiger partial charge in [-0.2, -0.15) is 4.68 Å². The predicted molar refractivity (Wildman–Crippen MR) is 61.9 cm³/mol. The lowest BCUT2D eigenvalue weighted by molar-refractivity contribution is 0.229. The van der Waals surface area contributed by atoms with Crippen molar-refractivity contribution in [2.24, 2.45) is 0 Å². The Balaban J connectivity index is 3.02. The zero-order valence-electron chi connectivity index (χ0n) is 9.73. The normalized spacial score (nSPS) is 11.3. The van der Waals surface area contributed by atoms with Crippen molar-refractivity contribution in [3.8, 4) is 6.01 Å². The lowest BCUT2D eigenvalue weighted by Crippen LogP contribution is -2.49. The van der Waals surface area contributed by atoms with Gasteiger partial charge < -0.3 is 15.9 Å². The predicted octanol–water partition coefficient (Wildman–Crippen LogP) is -0.658. The van der Waals surface area contributed by atoms with Crippen LogP contribution >= 0.6 is 11.6 Å². The summed E-state index contributed by atoms with van der Waals surface area (Å²) in [6.07, 6.45) is 0. The molecule has 0 atom stereocenters. The van der Waals surface area contributed by atoms with Gasteiger partial charge in [-0.1, -0.05) is 0 Å². The molecule has 1 aromatic heterocycles. The fourth-order valence-corrected chi connectivity index (χ4v) is 1.07. The zero-order valence-corrected chi connectivity index (χ0v) is 10.5. The number of ether oxygens (including phenoxy) is 1. The summed E-state index contributed by atoms with van der Waals surface area (Å²) in [6, 6.07) is -0.878. The second kappa shape index (κ2) is 4.66. The second-order valence-electron chi connectivity index (χ2n) is 4.00. The number of halogens is 1. The van der Waals surface area contributed by atoms with Crippen LogP contribution in [0.1, 0.15) is 13.8 Å². The number of rotatable bonds is 3. The Hall–Kier alpha value is -1.70. The third-order valence-corrected chi connectivity index (χ3v) is 2.60. The van der Waals surface area contributed by atoms with Gasteiger partial charge in [-0.3, -0.25) is 0 Å². The number of hydrogen-bond donors (Lipinski definition) is 2. The van der Waals surface area contributed by atoms with Crippen LogP contribution in [-0.4, -0.2) is 39.0 Å². The molecule has 0 unspecified atom stereocenters. The summed E-state index contributed by atoms with van der Waals surface area (Å²) in [5.74, 6) is 5.53. The van der Waals surface area contributed by atoms with Crippen molar-refractivity contribution in [2.45, 2.75) is 19.4 Å². The molecule has 0 aliphatic carbocycles. The first-order valence-corrected chi connectivity index (χ1v) is 5.25. The first-order chi connectivity index (χ1) is 7.82. The number of alkyl halides is 1. The number of aromatic nitrogens is 3. The standard InChI is InChI=1S/C8H14ClN5O3/c1-8(2,4-9)11-5(15)14-7(16)13(10)6(12-14)17-3/h4,10H2,1-3H3,(H,11,15). The smallest absolute Gasteiger partial charge is 0.376 e. The molecule has 0 aliphatic rings. The van der Waals surface area contributed by atoms with Gasteiger partial charge in [-0.25, -0.2) is 9.59 Å². The van der Waals surface area contributed by atoms with E-state index in [1.807, 2.05) is 0 Å². The minimum atomic E-state index is -0.801. The lowest BCUT2D eigenvalue weighted by Gasteiger charge is -2.22. The summed E-state index contributed by atoms with van der Waals surface area (Å²) < 4.78 is 5.92. The Bertz CT molecular complexity index is 478. The van der Waals surface area contributed by atoms with Crippen molar-refractivity contribution in [1.82, 2.24) is 19.8 Å². The highest BCUT2D eigenvalue weighted by Gasteiger charge is 2.23. The van der Waals surface area contributed by atoms with Crippen molar-refractivity contribution in [2.75, 3.05) is 18.8 Å². The molecule has 96 valence electrons. The van der Waals surface area contributed by atoms with Crippen LogP contribution in [-0.2, 0) is 0 Å². The highest BCUT2D eigenvalue weighted by Crippen LogP contribution is 2.05. The van der Waals surface area contributed by atoms with E-state index in [0.29, 0.717) is 9.36 Å². The Morgan fingerprint density at radius 2 is 2.24 bits per heavy atom. The SMILES string of the molecule is COc1nn(C(=O)NC(C)(C)CCl)c(=O)n1N. The third-order valence-electron chi connectivity index (χ3n) is 1.93. The van der Waals surface area contributed by atoms with Gasteiger partial charge in [0.05, 0.1) is 7.11 Å². The first-order valence-electron chi connectivity index (χ1n) is 4.72. The van der Waals surface area contributed by atoms with Crippen molar-refractivity contribution >= 4 is 17.6 Å². The molecule has 0 spiro atoms. The van der Waals surface area contributed by atoms with Gasteiger partial charge in [0.2, 0.25) is 0 Å². The average molecular weight is 264 g/mol. The Morgan fingerprint density at radius 3 is 2.65 bits per heavy atom. The highest BCUT2D eigenvalue weighted by molar-refractivity contribution is 6.18. The molecule has 0 saturated carbocycles.